The van der Waals surface area contributed by atoms with E-state index in [1.807, 2.05) is 45.8 Å². The quantitative estimate of drug-likeness (QED) is 0.695. The van der Waals surface area contributed by atoms with Crippen LogP contribution in [-0.4, -0.2) is 64.3 Å². The standard InChI is InChI=1S/C21H22N4O3/c1-28-18-6-4-5-16(13-18)21(27)24-11-9-23(10-12-24)20(26)14-17-15-22-19-7-2-3-8-25(17)19/h2-8,13,15H,9-12,14H2,1H3. The van der Waals surface area contributed by atoms with Crippen LogP contribution in [0, 0.1) is 0 Å². The maximum absolute atomic E-state index is 12.7. The molecule has 0 bridgehead atoms. The Labute approximate surface area is 163 Å². The summed E-state index contributed by atoms with van der Waals surface area (Å²) in [6.45, 7) is 2.11. The van der Waals surface area contributed by atoms with Crippen molar-refractivity contribution in [1.29, 1.82) is 0 Å². The highest BCUT2D eigenvalue weighted by atomic mass is 16.5. The van der Waals surface area contributed by atoms with E-state index < -0.39 is 0 Å². The summed E-state index contributed by atoms with van der Waals surface area (Å²) in [5.74, 6) is 0.680. The number of pyridine rings is 1. The van der Waals surface area contributed by atoms with Crippen LogP contribution in [0.2, 0.25) is 0 Å². The van der Waals surface area contributed by atoms with E-state index in [0.29, 0.717) is 43.9 Å². The summed E-state index contributed by atoms with van der Waals surface area (Å²) < 4.78 is 7.12. The average molecular weight is 378 g/mol. The lowest BCUT2D eigenvalue weighted by molar-refractivity contribution is -0.132. The Morgan fingerprint density at radius 2 is 1.82 bits per heavy atom. The first-order chi connectivity index (χ1) is 13.7. The Bertz CT molecular complexity index is 1010. The first-order valence-corrected chi connectivity index (χ1v) is 9.28. The van der Waals surface area contributed by atoms with Gasteiger partial charge in [0, 0.05) is 44.1 Å². The molecule has 1 aliphatic heterocycles. The van der Waals surface area contributed by atoms with Crippen molar-refractivity contribution >= 4 is 17.5 Å². The van der Waals surface area contributed by atoms with Gasteiger partial charge in [-0.3, -0.25) is 9.59 Å². The minimum atomic E-state index is -0.0345. The first kappa shape index (κ1) is 18.0. The van der Waals surface area contributed by atoms with E-state index in [1.165, 1.54) is 0 Å². The summed E-state index contributed by atoms with van der Waals surface area (Å²) in [4.78, 5) is 33.3. The van der Waals surface area contributed by atoms with Crippen LogP contribution in [0.3, 0.4) is 0 Å². The van der Waals surface area contributed by atoms with Crippen LogP contribution in [0.25, 0.3) is 5.65 Å². The van der Waals surface area contributed by atoms with Crippen LogP contribution in [0.15, 0.2) is 54.9 Å². The predicted molar refractivity (Wildman–Crippen MR) is 104 cm³/mol. The fraction of sp³-hybridized carbons (Fsp3) is 0.286. The molecule has 0 spiro atoms. The van der Waals surface area contributed by atoms with Crippen molar-refractivity contribution in [3.63, 3.8) is 0 Å². The van der Waals surface area contributed by atoms with Gasteiger partial charge < -0.3 is 18.9 Å². The summed E-state index contributed by atoms with van der Waals surface area (Å²) in [7, 11) is 1.58. The number of piperazine rings is 1. The van der Waals surface area contributed by atoms with Gasteiger partial charge in [0.2, 0.25) is 5.91 Å². The number of benzene rings is 1. The second-order valence-electron chi connectivity index (χ2n) is 6.76. The summed E-state index contributed by atoms with van der Waals surface area (Å²) in [5, 5.41) is 0. The molecule has 0 N–H and O–H groups in total. The van der Waals surface area contributed by atoms with Crippen LogP contribution in [0.1, 0.15) is 16.1 Å². The van der Waals surface area contributed by atoms with Gasteiger partial charge in [-0.15, -0.1) is 0 Å². The molecule has 3 heterocycles. The Kier molecular flexibility index (Phi) is 4.97. The van der Waals surface area contributed by atoms with Crippen LogP contribution in [-0.2, 0) is 11.2 Å². The maximum atomic E-state index is 12.7. The molecule has 7 nitrogen and oxygen atoms in total. The molecule has 0 atom stereocenters. The zero-order chi connectivity index (χ0) is 19.5. The van der Waals surface area contributed by atoms with Crippen molar-refractivity contribution in [2.75, 3.05) is 33.3 Å². The zero-order valence-corrected chi connectivity index (χ0v) is 15.7. The largest absolute Gasteiger partial charge is 0.497 e. The number of hydrogen-bond acceptors (Lipinski definition) is 4. The van der Waals surface area contributed by atoms with Crippen molar-refractivity contribution in [3.05, 3.63) is 66.1 Å². The molecule has 0 radical (unpaired) electrons. The van der Waals surface area contributed by atoms with Gasteiger partial charge in [-0.1, -0.05) is 12.1 Å². The molecule has 1 saturated heterocycles. The van der Waals surface area contributed by atoms with E-state index in [9.17, 15) is 9.59 Å². The number of hydrogen-bond donors (Lipinski definition) is 0. The lowest BCUT2D eigenvalue weighted by Gasteiger charge is -2.35. The van der Waals surface area contributed by atoms with Gasteiger partial charge >= 0.3 is 0 Å². The molecule has 144 valence electrons. The number of carbonyl (C=O) groups is 2. The molecule has 3 aromatic rings. The molecule has 4 rings (SSSR count). The molecule has 2 aromatic heterocycles. The van der Waals surface area contributed by atoms with Gasteiger partial charge in [-0.25, -0.2) is 4.98 Å². The molecule has 1 fully saturated rings. The lowest BCUT2D eigenvalue weighted by atomic mass is 10.1. The maximum Gasteiger partial charge on any atom is 0.254 e. The molecular formula is C21H22N4O3. The van der Waals surface area contributed by atoms with E-state index in [4.69, 9.17) is 4.74 Å². The Morgan fingerprint density at radius 3 is 2.61 bits per heavy atom. The Hall–Kier alpha value is -3.35. The van der Waals surface area contributed by atoms with Crippen molar-refractivity contribution in [1.82, 2.24) is 19.2 Å². The van der Waals surface area contributed by atoms with Gasteiger partial charge in [-0.05, 0) is 30.3 Å². The topological polar surface area (TPSA) is 67.2 Å². The SMILES string of the molecule is COc1cccc(C(=O)N2CCN(C(=O)Cc3cnc4ccccn34)CC2)c1. The molecule has 1 aromatic carbocycles. The number of methoxy groups -OCH3 is 1. The number of ether oxygens (including phenoxy) is 1. The third-order valence-corrected chi connectivity index (χ3v) is 5.06. The normalized spacial score (nSPS) is 14.3. The summed E-state index contributed by atoms with van der Waals surface area (Å²) in [5.41, 5.74) is 2.30. The number of nitrogens with zero attached hydrogens (tertiary/aromatic N) is 4. The van der Waals surface area contributed by atoms with Crippen molar-refractivity contribution < 1.29 is 14.3 Å². The van der Waals surface area contributed by atoms with E-state index in [1.54, 1.807) is 30.3 Å². The highest BCUT2D eigenvalue weighted by molar-refractivity contribution is 5.94. The van der Waals surface area contributed by atoms with Crippen molar-refractivity contribution in [3.8, 4) is 5.75 Å². The number of rotatable bonds is 4. The van der Waals surface area contributed by atoms with Crippen molar-refractivity contribution in [2.45, 2.75) is 6.42 Å². The van der Waals surface area contributed by atoms with E-state index in [-0.39, 0.29) is 11.8 Å². The van der Waals surface area contributed by atoms with E-state index >= 15 is 0 Å². The van der Waals surface area contributed by atoms with Gasteiger partial charge in [-0.2, -0.15) is 0 Å². The fourth-order valence-corrected chi connectivity index (χ4v) is 3.48. The highest BCUT2D eigenvalue weighted by Crippen LogP contribution is 2.16. The minimum absolute atomic E-state index is 0.0345. The molecular weight excluding hydrogens is 356 g/mol. The molecule has 0 aliphatic carbocycles. The Morgan fingerprint density at radius 1 is 1.04 bits per heavy atom. The third-order valence-electron chi connectivity index (χ3n) is 5.06. The second kappa shape index (κ2) is 7.72. The number of aromatic nitrogens is 2. The van der Waals surface area contributed by atoms with Crippen LogP contribution in [0.4, 0.5) is 0 Å². The average Bonchev–Trinajstić information content (AvgIpc) is 3.16. The lowest BCUT2D eigenvalue weighted by Crippen LogP contribution is -2.51. The van der Waals surface area contributed by atoms with E-state index in [2.05, 4.69) is 4.98 Å². The summed E-state index contributed by atoms with van der Waals surface area (Å²) >= 11 is 0. The molecule has 7 heteroatoms. The number of imidazole rings is 1. The Balaban J connectivity index is 1.37. The monoisotopic (exact) mass is 378 g/mol. The fourth-order valence-electron chi connectivity index (χ4n) is 3.48. The molecule has 0 unspecified atom stereocenters. The van der Waals surface area contributed by atoms with Gasteiger partial charge in [0.15, 0.2) is 0 Å². The molecule has 0 saturated carbocycles. The smallest absolute Gasteiger partial charge is 0.254 e. The van der Waals surface area contributed by atoms with Gasteiger partial charge in [0.25, 0.3) is 5.91 Å². The van der Waals surface area contributed by atoms with Crippen LogP contribution in [0.5, 0.6) is 5.75 Å². The zero-order valence-electron chi connectivity index (χ0n) is 15.7. The summed E-state index contributed by atoms with van der Waals surface area (Å²) in [6.07, 6.45) is 3.96. The van der Waals surface area contributed by atoms with Gasteiger partial charge in [0.05, 0.1) is 19.2 Å². The third kappa shape index (κ3) is 3.55. The van der Waals surface area contributed by atoms with Crippen molar-refractivity contribution in [2.24, 2.45) is 0 Å². The molecule has 2 amide bonds. The second-order valence-corrected chi connectivity index (χ2v) is 6.76. The van der Waals surface area contributed by atoms with E-state index in [0.717, 1.165) is 11.3 Å². The number of amides is 2. The highest BCUT2D eigenvalue weighted by Gasteiger charge is 2.25. The number of carbonyl (C=O) groups excluding carboxylic acids is 2. The first-order valence-electron chi connectivity index (χ1n) is 9.28. The predicted octanol–water partition coefficient (Wildman–Crippen LogP) is 1.87. The number of fused-ring (bicyclic) bond motifs is 1. The van der Waals surface area contributed by atoms with Gasteiger partial charge in [0.1, 0.15) is 11.4 Å². The molecule has 1 aliphatic rings. The molecule has 28 heavy (non-hydrogen) atoms. The minimum Gasteiger partial charge on any atom is -0.497 e. The van der Waals surface area contributed by atoms with Crippen LogP contribution < -0.4 is 4.74 Å². The van der Waals surface area contributed by atoms with Crippen LogP contribution >= 0.6 is 0 Å². The summed E-state index contributed by atoms with van der Waals surface area (Å²) in [6, 6.07) is 12.9.